The number of hydrogen-bond acceptors (Lipinski definition) is 4. The van der Waals surface area contributed by atoms with Crippen molar-refractivity contribution in [3.63, 3.8) is 0 Å². The summed E-state index contributed by atoms with van der Waals surface area (Å²) in [6.07, 6.45) is -3.64. The summed E-state index contributed by atoms with van der Waals surface area (Å²) in [4.78, 5) is 40.6. The van der Waals surface area contributed by atoms with Gasteiger partial charge < -0.3 is 20.4 Å². The molecule has 1 saturated heterocycles. The molecule has 1 aromatic rings. The Hall–Kier alpha value is -2.62. The zero-order chi connectivity index (χ0) is 26.4. The van der Waals surface area contributed by atoms with Crippen molar-refractivity contribution < 1.29 is 27.6 Å². The molecule has 2 rings (SSSR count). The molecule has 7 nitrogen and oxygen atoms in total. The van der Waals surface area contributed by atoms with Crippen molar-refractivity contribution >= 4 is 17.7 Å². The Morgan fingerprint density at radius 3 is 2.31 bits per heavy atom. The van der Waals surface area contributed by atoms with E-state index in [9.17, 15) is 27.6 Å². The Bertz CT molecular complexity index is 871. The highest BCUT2D eigenvalue weighted by atomic mass is 19.4. The number of halogens is 3. The lowest BCUT2D eigenvalue weighted by atomic mass is 9.85. The number of likely N-dealkylation sites (N-methyl/N-ethyl adjacent to an activating group) is 1. The molecule has 0 bridgehead atoms. The molecule has 0 spiro atoms. The smallest absolute Gasteiger partial charge is 0.342 e. The van der Waals surface area contributed by atoms with E-state index in [1.165, 1.54) is 4.90 Å². The SMILES string of the molecule is CN[C@@H](C)C(=O)N[C@H](C(=O)N1CCC[C@H]1CN(CCc1ccccc1)C(=O)C(F)(F)F)C(C)(C)C. The molecule has 1 fully saturated rings. The Balaban J connectivity index is 2.21. The van der Waals surface area contributed by atoms with Crippen molar-refractivity contribution in [1.82, 2.24) is 20.4 Å². The molecule has 10 heteroatoms. The topological polar surface area (TPSA) is 81.8 Å². The zero-order valence-corrected chi connectivity index (χ0v) is 21.1. The molecule has 1 aliphatic heterocycles. The number of hydrogen-bond donors (Lipinski definition) is 2. The molecule has 3 atom stereocenters. The van der Waals surface area contributed by atoms with Crippen LogP contribution < -0.4 is 10.6 Å². The van der Waals surface area contributed by atoms with Crippen LogP contribution in [0.2, 0.25) is 0 Å². The summed E-state index contributed by atoms with van der Waals surface area (Å²) in [5.74, 6) is -2.59. The predicted molar refractivity (Wildman–Crippen MR) is 127 cm³/mol. The molecule has 0 unspecified atom stereocenters. The van der Waals surface area contributed by atoms with Gasteiger partial charge in [-0.25, -0.2) is 0 Å². The van der Waals surface area contributed by atoms with E-state index in [1.807, 2.05) is 26.8 Å². The minimum Gasteiger partial charge on any atom is -0.342 e. The number of carbonyl (C=O) groups is 3. The van der Waals surface area contributed by atoms with Crippen molar-refractivity contribution in [3.05, 3.63) is 35.9 Å². The van der Waals surface area contributed by atoms with Crippen molar-refractivity contribution in [2.24, 2.45) is 5.41 Å². The van der Waals surface area contributed by atoms with Gasteiger partial charge >= 0.3 is 12.1 Å². The van der Waals surface area contributed by atoms with E-state index in [0.717, 1.165) is 10.5 Å². The van der Waals surface area contributed by atoms with E-state index in [1.54, 1.807) is 38.2 Å². The average molecular weight is 499 g/mol. The third-order valence-electron chi connectivity index (χ3n) is 6.36. The van der Waals surface area contributed by atoms with Crippen LogP contribution in [0, 0.1) is 5.41 Å². The number of nitrogens with zero attached hydrogens (tertiary/aromatic N) is 2. The second-order valence-corrected chi connectivity index (χ2v) is 10.1. The Labute approximate surface area is 205 Å². The number of carbonyl (C=O) groups excluding carboxylic acids is 3. The maximum Gasteiger partial charge on any atom is 0.471 e. The number of likely N-dealkylation sites (tertiary alicyclic amines) is 1. The quantitative estimate of drug-likeness (QED) is 0.549. The van der Waals surface area contributed by atoms with Gasteiger partial charge in [0.05, 0.1) is 6.04 Å². The first-order valence-electron chi connectivity index (χ1n) is 11.9. The van der Waals surface area contributed by atoms with Gasteiger partial charge in [-0.1, -0.05) is 51.1 Å². The molecule has 196 valence electrons. The normalized spacial score (nSPS) is 18.2. The first kappa shape index (κ1) is 28.6. The number of alkyl halides is 3. The highest BCUT2D eigenvalue weighted by molar-refractivity contribution is 5.90. The van der Waals surface area contributed by atoms with Crippen molar-refractivity contribution in [2.75, 3.05) is 26.7 Å². The minimum atomic E-state index is -5.00. The van der Waals surface area contributed by atoms with Gasteiger partial charge in [-0.3, -0.25) is 14.4 Å². The van der Waals surface area contributed by atoms with Gasteiger partial charge in [0.2, 0.25) is 11.8 Å². The first-order valence-corrected chi connectivity index (χ1v) is 11.9. The second-order valence-electron chi connectivity index (χ2n) is 10.1. The van der Waals surface area contributed by atoms with Crippen LogP contribution in [-0.4, -0.2) is 78.5 Å². The third-order valence-corrected chi connectivity index (χ3v) is 6.36. The zero-order valence-electron chi connectivity index (χ0n) is 21.1. The van der Waals surface area contributed by atoms with E-state index in [4.69, 9.17) is 0 Å². The van der Waals surface area contributed by atoms with Gasteiger partial charge in [-0.05, 0) is 44.2 Å². The molecule has 2 N–H and O–H groups in total. The summed E-state index contributed by atoms with van der Waals surface area (Å²) in [6.45, 7) is 7.18. The van der Waals surface area contributed by atoms with Crippen LogP contribution in [0.15, 0.2) is 30.3 Å². The largest absolute Gasteiger partial charge is 0.471 e. The second kappa shape index (κ2) is 11.9. The van der Waals surface area contributed by atoms with Crippen LogP contribution in [0.1, 0.15) is 46.1 Å². The molecular formula is C25H37F3N4O3. The molecule has 3 amide bonds. The lowest BCUT2D eigenvalue weighted by Crippen LogP contribution is -2.59. The lowest BCUT2D eigenvalue weighted by Gasteiger charge is -2.37. The molecule has 1 heterocycles. The number of amides is 3. The molecule has 0 saturated carbocycles. The first-order chi connectivity index (χ1) is 16.3. The molecule has 0 aromatic heterocycles. The maximum absolute atomic E-state index is 13.5. The van der Waals surface area contributed by atoms with Gasteiger partial charge in [0.25, 0.3) is 0 Å². The fourth-order valence-corrected chi connectivity index (χ4v) is 4.15. The van der Waals surface area contributed by atoms with Crippen LogP contribution in [0.5, 0.6) is 0 Å². The fraction of sp³-hybridized carbons (Fsp3) is 0.640. The summed E-state index contributed by atoms with van der Waals surface area (Å²) >= 11 is 0. The van der Waals surface area contributed by atoms with Gasteiger partial charge in [-0.2, -0.15) is 13.2 Å². The van der Waals surface area contributed by atoms with E-state index in [2.05, 4.69) is 10.6 Å². The minimum absolute atomic E-state index is 0.111. The van der Waals surface area contributed by atoms with Crippen molar-refractivity contribution in [2.45, 2.75) is 71.3 Å². The van der Waals surface area contributed by atoms with E-state index in [0.29, 0.717) is 19.4 Å². The van der Waals surface area contributed by atoms with Gasteiger partial charge in [0.1, 0.15) is 6.04 Å². The number of nitrogens with one attached hydrogen (secondary N) is 2. The summed E-state index contributed by atoms with van der Waals surface area (Å²) in [7, 11) is 1.64. The van der Waals surface area contributed by atoms with Crippen LogP contribution >= 0.6 is 0 Å². The van der Waals surface area contributed by atoms with Gasteiger partial charge in [-0.15, -0.1) is 0 Å². The Morgan fingerprint density at radius 1 is 1.14 bits per heavy atom. The molecule has 0 radical (unpaired) electrons. The predicted octanol–water partition coefficient (Wildman–Crippen LogP) is 2.75. The molecule has 35 heavy (non-hydrogen) atoms. The standard InChI is InChI=1S/C25H37F3N4O3/c1-17(29-5)21(33)30-20(24(2,3)4)22(34)32-14-9-12-19(32)16-31(23(35)25(26,27)28)15-13-18-10-7-6-8-11-18/h6-8,10-11,17,19-20,29H,9,12-16H2,1-5H3,(H,30,33)/t17-,19-,20+/m0/s1. The highest BCUT2D eigenvalue weighted by Crippen LogP contribution is 2.27. The summed E-state index contributed by atoms with van der Waals surface area (Å²) < 4.78 is 40.1. The van der Waals surface area contributed by atoms with Crippen molar-refractivity contribution in [3.8, 4) is 0 Å². The maximum atomic E-state index is 13.5. The summed E-state index contributed by atoms with van der Waals surface area (Å²) in [5.41, 5.74) is 0.197. The van der Waals surface area contributed by atoms with Crippen LogP contribution in [0.25, 0.3) is 0 Å². The molecule has 0 aliphatic carbocycles. The fourth-order valence-electron chi connectivity index (χ4n) is 4.15. The molecule has 1 aromatic carbocycles. The third kappa shape index (κ3) is 7.95. The molecular weight excluding hydrogens is 461 g/mol. The van der Waals surface area contributed by atoms with Crippen molar-refractivity contribution in [1.29, 1.82) is 0 Å². The van der Waals surface area contributed by atoms with E-state index < -0.39 is 35.6 Å². The summed E-state index contributed by atoms with van der Waals surface area (Å²) in [6, 6.07) is 7.05. The monoisotopic (exact) mass is 498 g/mol. The van der Waals surface area contributed by atoms with Crippen LogP contribution in [0.4, 0.5) is 13.2 Å². The highest BCUT2D eigenvalue weighted by Gasteiger charge is 2.45. The number of benzene rings is 1. The Morgan fingerprint density at radius 2 is 1.77 bits per heavy atom. The van der Waals surface area contributed by atoms with Gasteiger partial charge in [0, 0.05) is 25.7 Å². The van der Waals surface area contributed by atoms with Gasteiger partial charge in [0.15, 0.2) is 0 Å². The summed E-state index contributed by atoms with van der Waals surface area (Å²) in [5, 5.41) is 5.63. The average Bonchev–Trinajstić information content (AvgIpc) is 3.26. The van der Waals surface area contributed by atoms with Crippen LogP contribution in [-0.2, 0) is 20.8 Å². The Kier molecular flexibility index (Phi) is 9.71. The molecule has 1 aliphatic rings. The van der Waals surface area contributed by atoms with E-state index >= 15 is 0 Å². The lowest BCUT2D eigenvalue weighted by molar-refractivity contribution is -0.186. The number of rotatable bonds is 9. The van der Waals surface area contributed by atoms with Crippen LogP contribution in [0.3, 0.4) is 0 Å². The van der Waals surface area contributed by atoms with E-state index in [-0.39, 0.29) is 31.3 Å².